The number of aliphatic hydroxyl groups excluding tert-OH is 1. The molecule has 2 aromatic heterocycles. The molecular formula is C26H36N4O2S. The minimum Gasteiger partial charge on any atom is -0.393 e. The van der Waals surface area contributed by atoms with Gasteiger partial charge in [0.1, 0.15) is 11.6 Å². The van der Waals surface area contributed by atoms with Crippen molar-refractivity contribution in [3.05, 3.63) is 48.5 Å². The Labute approximate surface area is 199 Å². The highest BCUT2D eigenvalue weighted by atomic mass is 32.2. The first-order valence-electron chi connectivity index (χ1n) is 12.1. The molecule has 0 radical (unpaired) electrons. The summed E-state index contributed by atoms with van der Waals surface area (Å²) in [5, 5.41) is 10.6. The molecule has 178 valence electrons. The van der Waals surface area contributed by atoms with Crippen LogP contribution >= 0.6 is 0 Å². The van der Waals surface area contributed by atoms with E-state index in [4.69, 9.17) is 5.11 Å². The summed E-state index contributed by atoms with van der Waals surface area (Å²) in [5.41, 5.74) is 2.40. The lowest BCUT2D eigenvalue weighted by molar-refractivity contribution is 0.112. The minimum absolute atomic E-state index is 0.0196. The van der Waals surface area contributed by atoms with Gasteiger partial charge in [-0.2, -0.15) is 0 Å². The molecule has 1 saturated heterocycles. The molecule has 1 N–H and O–H groups in total. The molecule has 33 heavy (non-hydrogen) atoms. The average molecular weight is 469 g/mol. The summed E-state index contributed by atoms with van der Waals surface area (Å²) in [7, 11) is -0.719. The van der Waals surface area contributed by atoms with E-state index >= 15 is 0 Å². The van der Waals surface area contributed by atoms with E-state index in [1.165, 1.54) is 23.9 Å². The lowest BCUT2D eigenvalue weighted by atomic mass is 9.89. The summed E-state index contributed by atoms with van der Waals surface area (Å²) in [6.45, 7) is 6.08. The lowest BCUT2D eigenvalue weighted by Crippen LogP contribution is -2.37. The third kappa shape index (κ3) is 5.82. The van der Waals surface area contributed by atoms with Crippen LogP contribution in [0.4, 0.5) is 5.69 Å². The SMILES string of the molecule is CC1CCC(O)CC1.Cc1nccc(-n2ccc3c(N4CCC(S(C)=O)CC4)cccc32)n1. The molecule has 0 bridgehead atoms. The molecule has 7 heteroatoms. The van der Waals surface area contributed by atoms with Crippen molar-refractivity contribution in [2.24, 2.45) is 5.92 Å². The van der Waals surface area contributed by atoms with E-state index < -0.39 is 10.8 Å². The van der Waals surface area contributed by atoms with Crippen molar-refractivity contribution >= 4 is 27.4 Å². The van der Waals surface area contributed by atoms with E-state index in [-0.39, 0.29) is 6.10 Å². The predicted octanol–water partition coefficient (Wildman–Crippen LogP) is 4.63. The second-order valence-electron chi connectivity index (χ2n) is 9.46. The summed E-state index contributed by atoms with van der Waals surface area (Å²) in [6.07, 6.45) is 12.2. The summed E-state index contributed by atoms with van der Waals surface area (Å²) in [6, 6.07) is 10.5. The maximum atomic E-state index is 11.7. The van der Waals surface area contributed by atoms with Gasteiger partial charge in [0.15, 0.2) is 0 Å². The molecule has 0 amide bonds. The molecule has 1 aliphatic heterocycles. The van der Waals surface area contributed by atoms with Gasteiger partial charge < -0.3 is 14.6 Å². The number of piperidine rings is 1. The van der Waals surface area contributed by atoms with Crippen LogP contribution in [0.2, 0.25) is 0 Å². The van der Waals surface area contributed by atoms with E-state index in [1.807, 2.05) is 19.2 Å². The van der Waals surface area contributed by atoms with Crippen LogP contribution in [0.5, 0.6) is 0 Å². The summed E-state index contributed by atoms with van der Waals surface area (Å²) in [5.74, 6) is 2.52. The van der Waals surface area contributed by atoms with Crippen LogP contribution in [0.25, 0.3) is 16.7 Å². The second kappa shape index (κ2) is 10.8. The Morgan fingerprint density at radius 3 is 2.39 bits per heavy atom. The number of aromatic nitrogens is 3. The van der Waals surface area contributed by atoms with Crippen molar-refractivity contribution in [2.45, 2.75) is 63.7 Å². The highest BCUT2D eigenvalue weighted by Gasteiger charge is 2.23. The van der Waals surface area contributed by atoms with Crippen LogP contribution in [-0.4, -0.2) is 54.5 Å². The fourth-order valence-electron chi connectivity index (χ4n) is 4.88. The Bertz CT molecular complexity index is 1070. The Morgan fingerprint density at radius 1 is 1.03 bits per heavy atom. The van der Waals surface area contributed by atoms with Crippen LogP contribution in [0, 0.1) is 12.8 Å². The first-order chi connectivity index (χ1) is 15.9. The van der Waals surface area contributed by atoms with Gasteiger partial charge in [-0.15, -0.1) is 0 Å². The van der Waals surface area contributed by atoms with Gasteiger partial charge in [-0.1, -0.05) is 13.0 Å². The third-order valence-electron chi connectivity index (χ3n) is 6.96. The highest BCUT2D eigenvalue weighted by Crippen LogP contribution is 2.31. The molecule has 1 aliphatic carbocycles. The van der Waals surface area contributed by atoms with Gasteiger partial charge in [-0.05, 0) is 75.6 Å². The monoisotopic (exact) mass is 468 g/mol. The maximum Gasteiger partial charge on any atom is 0.140 e. The molecule has 1 unspecified atom stereocenters. The summed E-state index contributed by atoms with van der Waals surface area (Å²) < 4.78 is 13.8. The standard InChI is InChI=1S/C19H22N4OS.C7H14O/c1-14-20-10-6-19(21-14)23-13-9-16-17(4-3-5-18(16)23)22-11-7-15(8-12-22)25(2)24;1-6-2-4-7(8)5-3-6/h3-6,9-10,13,15H,7-8,11-12H2,1-2H3;6-8H,2-5H2,1H3. The molecular weight excluding hydrogens is 432 g/mol. The second-order valence-corrected chi connectivity index (χ2v) is 11.1. The van der Waals surface area contributed by atoms with Crippen molar-refractivity contribution in [1.82, 2.24) is 14.5 Å². The predicted molar refractivity (Wildman–Crippen MR) is 137 cm³/mol. The third-order valence-corrected chi connectivity index (χ3v) is 8.37. The number of fused-ring (bicyclic) bond motifs is 1. The van der Waals surface area contributed by atoms with E-state index in [9.17, 15) is 4.21 Å². The quantitative estimate of drug-likeness (QED) is 0.607. The molecule has 1 atom stereocenters. The van der Waals surface area contributed by atoms with Gasteiger partial charge >= 0.3 is 0 Å². The fourth-order valence-corrected chi connectivity index (χ4v) is 5.75. The molecule has 3 heterocycles. The Morgan fingerprint density at radius 2 is 1.76 bits per heavy atom. The Balaban J connectivity index is 0.000000275. The number of benzene rings is 1. The van der Waals surface area contributed by atoms with Crippen molar-refractivity contribution in [3.8, 4) is 5.82 Å². The van der Waals surface area contributed by atoms with Gasteiger partial charge in [-0.3, -0.25) is 4.21 Å². The van der Waals surface area contributed by atoms with E-state index in [1.54, 1.807) is 6.20 Å². The number of rotatable bonds is 3. The molecule has 2 fully saturated rings. The average Bonchev–Trinajstić information content (AvgIpc) is 3.26. The van der Waals surface area contributed by atoms with Crippen molar-refractivity contribution < 1.29 is 9.32 Å². The van der Waals surface area contributed by atoms with E-state index in [0.29, 0.717) is 5.25 Å². The number of nitrogens with zero attached hydrogens (tertiary/aromatic N) is 4. The summed E-state index contributed by atoms with van der Waals surface area (Å²) in [4.78, 5) is 11.1. The molecule has 5 rings (SSSR count). The Hall–Kier alpha value is -2.25. The first-order valence-corrected chi connectivity index (χ1v) is 13.7. The topological polar surface area (TPSA) is 71.2 Å². The van der Waals surface area contributed by atoms with Crippen molar-refractivity contribution in [2.75, 3.05) is 24.2 Å². The van der Waals surface area contributed by atoms with Crippen LogP contribution in [0.15, 0.2) is 42.7 Å². The number of aryl methyl sites for hydroxylation is 1. The molecule has 0 spiro atoms. The van der Waals surface area contributed by atoms with Crippen LogP contribution < -0.4 is 4.90 Å². The number of anilines is 1. The smallest absolute Gasteiger partial charge is 0.140 e. The van der Waals surface area contributed by atoms with Gasteiger partial charge in [0.2, 0.25) is 0 Å². The summed E-state index contributed by atoms with van der Waals surface area (Å²) >= 11 is 0. The maximum absolute atomic E-state index is 11.7. The fraction of sp³-hybridized carbons (Fsp3) is 0.538. The molecule has 6 nitrogen and oxygen atoms in total. The number of hydrogen-bond acceptors (Lipinski definition) is 5. The first kappa shape index (κ1) is 23.9. The minimum atomic E-state index is -0.719. The van der Waals surface area contributed by atoms with Gasteiger partial charge in [0.25, 0.3) is 0 Å². The van der Waals surface area contributed by atoms with Crippen LogP contribution in [0.3, 0.4) is 0 Å². The van der Waals surface area contributed by atoms with Crippen LogP contribution in [0.1, 0.15) is 51.3 Å². The van der Waals surface area contributed by atoms with Crippen LogP contribution in [-0.2, 0) is 10.8 Å². The van der Waals surface area contributed by atoms with E-state index in [2.05, 4.69) is 56.8 Å². The molecule has 1 aromatic carbocycles. The van der Waals surface area contributed by atoms with Gasteiger partial charge in [0, 0.05) is 58.9 Å². The molecule has 1 saturated carbocycles. The number of hydrogen-bond donors (Lipinski definition) is 1. The normalized spacial score (nSPS) is 22.6. The zero-order valence-electron chi connectivity index (χ0n) is 20.0. The lowest BCUT2D eigenvalue weighted by Gasteiger charge is -2.33. The van der Waals surface area contributed by atoms with Crippen molar-refractivity contribution in [3.63, 3.8) is 0 Å². The molecule has 3 aromatic rings. The van der Waals surface area contributed by atoms with Crippen molar-refractivity contribution in [1.29, 1.82) is 0 Å². The van der Waals surface area contributed by atoms with Gasteiger partial charge in [0.05, 0.1) is 11.6 Å². The van der Waals surface area contributed by atoms with Gasteiger partial charge in [-0.25, -0.2) is 9.97 Å². The largest absolute Gasteiger partial charge is 0.393 e. The number of aliphatic hydroxyl groups is 1. The molecule has 2 aliphatic rings. The zero-order chi connectivity index (χ0) is 23.4. The van der Waals surface area contributed by atoms with E-state index in [0.717, 1.165) is 61.8 Å². The zero-order valence-corrected chi connectivity index (χ0v) is 20.8. The Kier molecular flexibility index (Phi) is 7.81. The highest BCUT2D eigenvalue weighted by molar-refractivity contribution is 7.84.